The second-order valence-corrected chi connectivity index (χ2v) is 8.84. The number of fused-ring (bicyclic) bond motifs is 1. The molecule has 0 N–H and O–H groups in total. The Balaban J connectivity index is 1.15. The predicted octanol–water partition coefficient (Wildman–Crippen LogP) is 3.46. The van der Waals surface area contributed by atoms with E-state index in [1.165, 1.54) is 21.6 Å². The third-order valence-corrected chi connectivity index (χ3v) is 6.83. The Bertz CT molecular complexity index is 1020. The van der Waals surface area contributed by atoms with E-state index in [1.54, 1.807) is 12.3 Å². The number of rotatable bonds is 5. The van der Waals surface area contributed by atoms with Gasteiger partial charge in [0.25, 0.3) is 5.91 Å². The lowest BCUT2D eigenvalue weighted by atomic mass is 10.0. The van der Waals surface area contributed by atoms with E-state index < -0.39 is 0 Å². The van der Waals surface area contributed by atoms with Crippen molar-refractivity contribution < 1.29 is 14.3 Å². The molecular weight excluding hydrogens is 412 g/mol. The Kier molecular flexibility index (Phi) is 5.99. The Morgan fingerprint density at radius 1 is 1.10 bits per heavy atom. The SMILES string of the molecule is O=C(c1ccc(OCC2CCOCC2)nc1)N1CCN(c2nsc3ccccc23)CC1. The number of carbonyl (C=O) groups excluding carboxylic acids is 1. The van der Waals surface area contributed by atoms with E-state index in [-0.39, 0.29) is 5.91 Å². The van der Waals surface area contributed by atoms with Gasteiger partial charge in [0.15, 0.2) is 0 Å². The summed E-state index contributed by atoms with van der Waals surface area (Å²) in [5.41, 5.74) is 0.603. The van der Waals surface area contributed by atoms with Crippen molar-refractivity contribution >= 4 is 33.3 Å². The molecule has 0 saturated carbocycles. The maximum Gasteiger partial charge on any atom is 0.255 e. The van der Waals surface area contributed by atoms with Crippen molar-refractivity contribution in [2.75, 3.05) is 50.9 Å². The van der Waals surface area contributed by atoms with E-state index in [2.05, 4.69) is 26.4 Å². The largest absolute Gasteiger partial charge is 0.477 e. The minimum Gasteiger partial charge on any atom is -0.477 e. The average molecular weight is 439 g/mol. The van der Waals surface area contributed by atoms with E-state index in [0.29, 0.717) is 37.1 Å². The number of amides is 1. The maximum absolute atomic E-state index is 12.9. The van der Waals surface area contributed by atoms with Gasteiger partial charge in [0.1, 0.15) is 5.82 Å². The van der Waals surface area contributed by atoms with E-state index in [1.807, 2.05) is 23.1 Å². The molecule has 3 aromatic rings. The van der Waals surface area contributed by atoms with Crippen molar-refractivity contribution in [3.05, 3.63) is 48.2 Å². The Hall–Kier alpha value is -2.71. The van der Waals surface area contributed by atoms with Gasteiger partial charge in [-0.1, -0.05) is 12.1 Å². The first kappa shape index (κ1) is 20.2. The summed E-state index contributed by atoms with van der Waals surface area (Å²) in [5.74, 6) is 2.14. The predicted molar refractivity (Wildman–Crippen MR) is 121 cm³/mol. The lowest BCUT2D eigenvalue weighted by molar-refractivity contribution is 0.0490. The van der Waals surface area contributed by atoms with Gasteiger partial charge in [0.2, 0.25) is 5.88 Å². The molecule has 1 aromatic carbocycles. The maximum atomic E-state index is 12.9. The van der Waals surface area contributed by atoms with E-state index in [0.717, 1.165) is 45.0 Å². The van der Waals surface area contributed by atoms with E-state index in [4.69, 9.17) is 9.47 Å². The van der Waals surface area contributed by atoms with Crippen LogP contribution in [-0.2, 0) is 4.74 Å². The quantitative estimate of drug-likeness (QED) is 0.608. The number of hydrogen-bond acceptors (Lipinski definition) is 7. The third kappa shape index (κ3) is 4.50. The summed E-state index contributed by atoms with van der Waals surface area (Å²) in [4.78, 5) is 21.4. The van der Waals surface area contributed by atoms with Crippen LogP contribution in [0.2, 0.25) is 0 Å². The minimum absolute atomic E-state index is 0.0197. The number of nitrogens with zero attached hydrogens (tertiary/aromatic N) is 4. The summed E-state index contributed by atoms with van der Waals surface area (Å²) in [5, 5.41) is 1.19. The van der Waals surface area contributed by atoms with Crippen molar-refractivity contribution in [1.29, 1.82) is 0 Å². The second kappa shape index (κ2) is 9.20. The molecule has 7 nitrogen and oxygen atoms in total. The summed E-state index contributed by atoms with van der Waals surface area (Å²) < 4.78 is 17.0. The Morgan fingerprint density at radius 3 is 2.68 bits per heavy atom. The zero-order chi connectivity index (χ0) is 21.0. The molecule has 2 saturated heterocycles. The van der Waals surface area contributed by atoms with Crippen molar-refractivity contribution in [2.45, 2.75) is 12.8 Å². The van der Waals surface area contributed by atoms with Gasteiger partial charge in [0, 0.05) is 57.0 Å². The van der Waals surface area contributed by atoms with Crippen molar-refractivity contribution in [3.63, 3.8) is 0 Å². The van der Waals surface area contributed by atoms with Gasteiger partial charge in [0.05, 0.1) is 16.9 Å². The molecule has 2 fully saturated rings. The summed E-state index contributed by atoms with van der Waals surface area (Å²) >= 11 is 1.53. The molecule has 0 radical (unpaired) electrons. The van der Waals surface area contributed by atoms with Gasteiger partial charge in [-0.25, -0.2) is 4.98 Å². The molecule has 2 aliphatic rings. The number of anilines is 1. The number of ether oxygens (including phenoxy) is 2. The molecule has 0 unspecified atom stereocenters. The number of carbonyl (C=O) groups is 1. The van der Waals surface area contributed by atoms with Crippen molar-refractivity contribution in [1.82, 2.24) is 14.3 Å². The molecule has 5 rings (SSSR count). The molecule has 1 amide bonds. The van der Waals surface area contributed by atoms with Crippen LogP contribution in [-0.4, -0.2) is 66.2 Å². The molecule has 162 valence electrons. The number of benzene rings is 1. The second-order valence-electron chi connectivity index (χ2n) is 8.03. The first-order valence-corrected chi connectivity index (χ1v) is 11.6. The van der Waals surface area contributed by atoms with E-state index in [9.17, 15) is 4.79 Å². The van der Waals surface area contributed by atoms with Crippen LogP contribution in [0.15, 0.2) is 42.6 Å². The molecule has 8 heteroatoms. The topological polar surface area (TPSA) is 67.8 Å². The summed E-state index contributed by atoms with van der Waals surface area (Å²) in [6.45, 7) is 5.16. The highest BCUT2D eigenvalue weighted by atomic mass is 32.1. The van der Waals surface area contributed by atoms with Crippen LogP contribution < -0.4 is 9.64 Å². The standard InChI is InChI=1S/C23H26N4O3S/c28-23(18-5-6-21(24-15-18)30-16-17-7-13-29-14-8-17)27-11-9-26(10-12-27)22-19-3-1-2-4-20(19)31-25-22/h1-6,15,17H,7-14,16H2. The number of piperazine rings is 1. The smallest absolute Gasteiger partial charge is 0.255 e. The summed E-state index contributed by atoms with van der Waals surface area (Å²) in [6.07, 6.45) is 3.68. The zero-order valence-electron chi connectivity index (χ0n) is 17.4. The minimum atomic E-state index is 0.0197. The van der Waals surface area contributed by atoms with Gasteiger partial charge < -0.3 is 19.3 Å². The van der Waals surface area contributed by atoms with E-state index >= 15 is 0 Å². The fraction of sp³-hybridized carbons (Fsp3) is 0.435. The highest BCUT2D eigenvalue weighted by Crippen LogP contribution is 2.30. The number of pyridine rings is 1. The molecular formula is C23H26N4O3S. The monoisotopic (exact) mass is 438 g/mol. The van der Waals surface area contributed by atoms with Crippen molar-refractivity contribution in [3.8, 4) is 5.88 Å². The summed E-state index contributed by atoms with van der Waals surface area (Å²) in [7, 11) is 0. The molecule has 0 spiro atoms. The molecule has 0 aliphatic carbocycles. The van der Waals surface area contributed by atoms with Crippen LogP contribution in [0.5, 0.6) is 5.88 Å². The molecule has 4 heterocycles. The van der Waals surface area contributed by atoms with Crippen LogP contribution in [0.25, 0.3) is 10.1 Å². The first-order valence-electron chi connectivity index (χ1n) is 10.8. The number of aromatic nitrogens is 2. The highest BCUT2D eigenvalue weighted by molar-refractivity contribution is 7.13. The zero-order valence-corrected chi connectivity index (χ0v) is 18.2. The van der Waals surface area contributed by atoms with Gasteiger partial charge in [-0.05, 0) is 48.5 Å². The highest BCUT2D eigenvalue weighted by Gasteiger charge is 2.24. The van der Waals surface area contributed by atoms with Crippen LogP contribution in [0.4, 0.5) is 5.82 Å². The van der Waals surface area contributed by atoms with Crippen LogP contribution in [0.1, 0.15) is 23.2 Å². The molecule has 0 bridgehead atoms. The Labute approximate surface area is 185 Å². The molecule has 0 atom stereocenters. The molecule has 2 aliphatic heterocycles. The van der Waals surface area contributed by atoms with Crippen LogP contribution >= 0.6 is 11.5 Å². The number of hydrogen-bond donors (Lipinski definition) is 0. The molecule has 31 heavy (non-hydrogen) atoms. The summed E-state index contributed by atoms with van der Waals surface area (Å²) in [6, 6.07) is 11.9. The fourth-order valence-electron chi connectivity index (χ4n) is 4.11. The third-order valence-electron chi connectivity index (χ3n) is 6.02. The van der Waals surface area contributed by atoms with Crippen LogP contribution in [0.3, 0.4) is 0 Å². The van der Waals surface area contributed by atoms with Gasteiger partial charge in [-0.3, -0.25) is 4.79 Å². The first-order chi connectivity index (χ1) is 15.3. The Morgan fingerprint density at radius 2 is 1.90 bits per heavy atom. The van der Waals surface area contributed by atoms with Gasteiger partial charge >= 0.3 is 0 Å². The lowest BCUT2D eigenvalue weighted by Crippen LogP contribution is -2.49. The van der Waals surface area contributed by atoms with Gasteiger partial charge in [-0.15, -0.1) is 0 Å². The van der Waals surface area contributed by atoms with Gasteiger partial charge in [-0.2, -0.15) is 4.37 Å². The van der Waals surface area contributed by atoms with Crippen molar-refractivity contribution in [2.24, 2.45) is 5.92 Å². The fourth-order valence-corrected chi connectivity index (χ4v) is 4.91. The molecule has 2 aromatic heterocycles. The lowest BCUT2D eigenvalue weighted by Gasteiger charge is -2.35. The van der Waals surface area contributed by atoms with Crippen LogP contribution in [0, 0.1) is 5.92 Å². The average Bonchev–Trinajstić information content (AvgIpc) is 3.28. The normalized spacial score (nSPS) is 17.8.